The first-order valence-electron chi connectivity index (χ1n) is 4.11. The van der Waals surface area contributed by atoms with Gasteiger partial charge in [-0.25, -0.2) is 9.97 Å². The number of aromatic nitrogens is 2. The first kappa shape index (κ1) is 9.54. The van der Waals surface area contributed by atoms with Crippen molar-refractivity contribution in [3.05, 3.63) is 22.7 Å². The summed E-state index contributed by atoms with van der Waals surface area (Å²) in [6.45, 7) is 1.55. The van der Waals surface area contributed by atoms with E-state index in [0.717, 1.165) is 0 Å². The molecular formula is C8H8BrN3O2. The molecule has 1 aromatic heterocycles. The van der Waals surface area contributed by atoms with Crippen molar-refractivity contribution in [3.63, 3.8) is 0 Å². The lowest BCUT2D eigenvalue weighted by Crippen LogP contribution is -2.29. The van der Waals surface area contributed by atoms with Gasteiger partial charge in [-0.2, -0.15) is 0 Å². The minimum absolute atomic E-state index is 0.128. The fraction of sp³-hybridized carbons (Fsp3) is 0.375. The Morgan fingerprint density at radius 2 is 2.50 bits per heavy atom. The Morgan fingerprint density at radius 3 is 3.14 bits per heavy atom. The number of hydrogen-bond acceptors (Lipinski definition) is 4. The molecule has 0 aromatic carbocycles. The van der Waals surface area contributed by atoms with Crippen LogP contribution in [0.1, 0.15) is 10.5 Å². The van der Waals surface area contributed by atoms with E-state index in [2.05, 4.69) is 25.9 Å². The minimum Gasteiger partial charge on any atom is -0.359 e. The molecule has 1 aromatic rings. The summed E-state index contributed by atoms with van der Waals surface area (Å²) < 4.78 is 5.69. The standard InChI is InChI=1S/C8H8BrN3O2/c9-6-3-10-4-11-7(6)8(13)12-1-2-14-5-12/h3-4H,1-2,5H2. The third kappa shape index (κ3) is 1.76. The molecule has 2 rings (SSSR count). The van der Waals surface area contributed by atoms with Crippen LogP contribution in [0.2, 0.25) is 0 Å². The predicted molar refractivity (Wildman–Crippen MR) is 51.6 cm³/mol. The third-order valence-electron chi connectivity index (χ3n) is 1.91. The summed E-state index contributed by atoms with van der Waals surface area (Å²) in [5, 5.41) is 0. The molecule has 74 valence electrons. The third-order valence-corrected chi connectivity index (χ3v) is 2.49. The van der Waals surface area contributed by atoms with Gasteiger partial charge in [0.15, 0.2) is 0 Å². The van der Waals surface area contributed by atoms with E-state index in [4.69, 9.17) is 4.74 Å². The molecule has 0 radical (unpaired) electrons. The van der Waals surface area contributed by atoms with Crippen LogP contribution in [0.25, 0.3) is 0 Å². The van der Waals surface area contributed by atoms with Gasteiger partial charge in [-0.1, -0.05) is 0 Å². The molecule has 0 bridgehead atoms. The maximum absolute atomic E-state index is 11.8. The summed E-state index contributed by atoms with van der Waals surface area (Å²) in [6.07, 6.45) is 2.91. The van der Waals surface area contributed by atoms with Crippen molar-refractivity contribution in [2.45, 2.75) is 0 Å². The quantitative estimate of drug-likeness (QED) is 0.742. The highest BCUT2D eigenvalue weighted by atomic mass is 79.9. The SMILES string of the molecule is O=C(c1ncncc1Br)N1CCOC1. The number of carbonyl (C=O) groups excluding carboxylic acids is 1. The minimum atomic E-state index is -0.128. The molecule has 0 aliphatic carbocycles. The predicted octanol–water partition coefficient (Wildman–Crippen LogP) is 0.669. The Kier molecular flexibility index (Phi) is 2.74. The first-order chi connectivity index (χ1) is 6.79. The fourth-order valence-corrected chi connectivity index (χ4v) is 1.58. The van der Waals surface area contributed by atoms with E-state index in [1.807, 2.05) is 0 Å². The highest BCUT2D eigenvalue weighted by Crippen LogP contribution is 2.15. The van der Waals surface area contributed by atoms with E-state index in [-0.39, 0.29) is 5.91 Å². The average molecular weight is 258 g/mol. The topological polar surface area (TPSA) is 55.3 Å². The Labute approximate surface area is 89.2 Å². The second-order valence-electron chi connectivity index (χ2n) is 2.83. The van der Waals surface area contributed by atoms with Crippen molar-refractivity contribution < 1.29 is 9.53 Å². The summed E-state index contributed by atoms with van der Waals surface area (Å²) >= 11 is 3.23. The highest BCUT2D eigenvalue weighted by molar-refractivity contribution is 9.10. The molecule has 2 heterocycles. The van der Waals surface area contributed by atoms with Crippen LogP contribution in [0.5, 0.6) is 0 Å². The average Bonchev–Trinajstić information content (AvgIpc) is 2.70. The van der Waals surface area contributed by atoms with E-state index in [0.29, 0.717) is 30.0 Å². The van der Waals surface area contributed by atoms with Crippen LogP contribution >= 0.6 is 15.9 Å². The molecule has 0 atom stereocenters. The van der Waals surface area contributed by atoms with Gasteiger partial charge >= 0.3 is 0 Å². The van der Waals surface area contributed by atoms with Gasteiger partial charge in [-0.15, -0.1) is 0 Å². The Hall–Kier alpha value is -1.01. The van der Waals surface area contributed by atoms with Crippen LogP contribution in [0.15, 0.2) is 17.0 Å². The molecule has 1 amide bonds. The van der Waals surface area contributed by atoms with Gasteiger partial charge in [0.25, 0.3) is 5.91 Å². The van der Waals surface area contributed by atoms with Crippen molar-refractivity contribution in [3.8, 4) is 0 Å². The molecule has 0 saturated carbocycles. The van der Waals surface area contributed by atoms with Crippen LogP contribution < -0.4 is 0 Å². The zero-order chi connectivity index (χ0) is 9.97. The molecule has 0 unspecified atom stereocenters. The van der Waals surface area contributed by atoms with Gasteiger partial charge in [0, 0.05) is 12.7 Å². The molecule has 5 nitrogen and oxygen atoms in total. The van der Waals surface area contributed by atoms with Crippen LogP contribution in [0.3, 0.4) is 0 Å². The van der Waals surface area contributed by atoms with Gasteiger partial charge in [-0.3, -0.25) is 4.79 Å². The Bertz CT molecular complexity index is 352. The van der Waals surface area contributed by atoms with Crippen LogP contribution in [-0.4, -0.2) is 40.7 Å². The second kappa shape index (κ2) is 4.02. The summed E-state index contributed by atoms with van der Waals surface area (Å²) in [5.74, 6) is -0.128. The smallest absolute Gasteiger partial charge is 0.275 e. The van der Waals surface area contributed by atoms with E-state index >= 15 is 0 Å². The molecule has 1 saturated heterocycles. The van der Waals surface area contributed by atoms with Crippen LogP contribution in [-0.2, 0) is 4.74 Å². The first-order valence-corrected chi connectivity index (χ1v) is 4.91. The number of ether oxygens (including phenoxy) is 1. The number of carbonyl (C=O) groups is 1. The molecule has 1 aliphatic heterocycles. The second-order valence-corrected chi connectivity index (χ2v) is 3.68. The molecule has 0 spiro atoms. The van der Waals surface area contributed by atoms with Gasteiger partial charge in [0.05, 0.1) is 11.1 Å². The summed E-state index contributed by atoms with van der Waals surface area (Å²) in [7, 11) is 0. The van der Waals surface area contributed by atoms with E-state index < -0.39 is 0 Å². The lowest BCUT2D eigenvalue weighted by molar-refractivity contribution is 0.0688. The van der Waals surface area contributed by atoms with E-state index in [1.54, 1.807) is 11.1 Å². The molecule has 1 aliphatic rings. The van der Waals surface area contributed by atoms with Crippen LogP contribution in [0, 0.1) is 0 Å². The van der Waals surface area contributed by atoms with E-state index in [9.17, 15) is 4.79 Å². The van der Waals surface area contributed by atoms with Gasteiger partial charge in [0.2, 0.25) is 0 Å². The number of halogens is 1. The highest BCUT2D eigenvalue weighted by Gasteiger charge is 2.22. The zero-order valence-corrected chi connectivity index (χ0v) is 8.90. The number of nitrogens with zero attached hydrogens (tertiary/aromatic N) is 3. The van der Waals surface area contributed by atoms with E-state index in [1.165, 1.54) is 6.33 Å². The normalized spacial score (nSPS) is 15.9. The maximum atomic E-state index is 11.8. The summed E-state index contributed by atoms with van der Waals surface area (Å²) in [4.78, 5) is 21.1. The van der Waals surface area contributed by atoms with Crippen LogP contribution in [0.4, 0.5) is 0 Å². The lowest BCUT2D eigenvalue weighted by atomic mass is 10.3. The van der Waals surface area contributed by atoms with Crippen molar-refractivity contribution >= 4 is 21.8 Å². The Balaban J connectivity index is 2.22. The molecular weight excluding hydrogens is 250 g/mol. The summed E-state index contributed by atoms with van der Waals surface area (Å²) in [5.41, 5.74) is 0.380. The van der Waals surface area contributed by atoms with Gasteiger partial charge in [0.1, 0.15) is 18.8 Å². The lowest BCUT2D eigenvalue weighted by Gasteiger charge is -2.12. The van der Waals surface area contributed by atoms with Crippen molar-refractivity contribution in [1.82, 2.24) is 14.9 Å². The van der Waals surface area contributed by atoms with Crippen molar-refractivity contribution in [2.24, 2.45) is 0 Å². The monoisotopic (exact) mass is 257 g/mol. The van der Waals surface area contributed by atoms with Crippen molar-refractivity contribution in [1.29, 1.82) is 0 Å². The molecule has 1 fully saturated rings. The summed E-state index contributed by atoms with van der Waals surface area (Å²) in [6, 6.07) is 0. The molecule has 14 heavy (non-hydrogen) atoms. The number of amides is 1. The molecule has 0 N–H and O–H groups in total. The zero-order valence-electron chi connectivity index (χ0n) is 7.31. The molecule has 6 heteroatoms. The maximum Gasteiger partial charge on any atom is 0.275 e. The fourth-order valence-electron chi connectivity index (χ4n) is 1.19. The van der Waals surface area contributed by atoms with Gasteiger partial charge in [-0.05, 0) is 15.9 Å². The number of hydrogen-bond donors (Lipinski definition) is 0. The largest absolute Gasteiger partial charge is 0.359 e. The van der Waals surface area contributed by atoms with Gasteiger partial charge < -0.3 is 9.64 Å². The number of rotatable bonds is 1. The Morgan fingerprint density at radius 1 is 1.64 bits per heavy atom. The van der Waals surface area contributed by atoms with Crippen molar-refractivity contribution in [2.75, 3.05) is 19.9 Å².